The number of carboxylic acids is 1. The normalized spacial score (nSPS) is 25.2. The molecule has 3 aliphatic rings. The maximum Gasteiger partial charge on any atom is 0.407 e. The number of fused-ring (bicyclic) bond motifs is 3. The number of carboxylic acid groups (broad SMARTS) is 1. The quantitative estimate of drug-likeness (QED) is 0.644. The summed E-state index contributed by atoms with van der Waals surface area (Å²) in [5.41, 5.74) is 3.89. The SMILES string of the molecule is CCC1(C(=O)O)CCN(C(=O)[C@H]2CC[C@@H](NC(=O)OCC3c4ccccc4-c4ccccc43)C2)C1. The summed E-state index contributed by atoms with van der Waals surface area (Å²) in [4.78, 5) is 39.1. The molecule has 0 aromatic heterocycles. The minimum absolute atomic E-state index is 0.00860. The second-order valence-corrected chi connectivity index (χ2v) is 10.1. The van der Waals surface area contributed by atoms with Gasteiger partial charge in [0.2, 0.25) is 5.91 Å². The lowest BCUT2D eigenvalue weighted by atomic mass is 9.84. The second-order valence-electron chi connectivity index (χ2n) is 10.1. The molecule has 2 amide bonds. The zero-order valence-electron chi connectivity index (χ0n) is 20.0. The third-order valence-corrected chi connectivity index (χ3v) is 8.24. The van der Waals surface area contributed by atoms with Gasteiger partial charge in [-0.05, 0) is 54.4 Å². The summed E-state index contributed by atoms with van der Waals surface area (Å²) in [5, 5.41) is 12.6. The lowest BCUT2D eigenvalue weighted by Crippen LogP contribution is -2.39. The summed E-state index contributed by atoms with van der Waals surface area (Å²) >= 11 is 0. The largest absolute Gasteiger partial charge is 0.481 e. The summed E-state index contributed by atoms with van der Waals surface area (Å²) in [6, 6.07) is 16.3. The predicted molar refractivity (Wildman–Crippen MR) is 131 cm³/mol. The van der Waals surface area contributed by atoms with Crippen LogP contribution in [0.25, 0.3) is 11.1 Å². The Morgan fingerprint density at radius 2 is 1.71 bits per heavy atom. The van der Waals surface area contributed by atoms with Gasteiger partial charge in [0.15, 0.2) is 0 Å². The summed E-state index contributed by atoms with van der Waals surface area (Å²) in [5.74, 6) is -0.987. The van der Waals surface area contributed by atoms with Crippen molar-refractivity contribution in [3.05, 3.63) is 59.7 Å². The number of amides is 2. The van der Waals surface area contributed by atoms with E-state index in [4.69, 9.17) is 4.74 Å². The fourth-order valence-corrected chi connectivity index (χ4v) is 6.08. The highest BCUT2D eigenvalue weighted by molar-refractivity contribution is 5.83. The Labute approximate surface area is 205 Å². The van der Waals surface area contributed by atoms with Crippen molar-refractivity contribution in [2.45, 2.75) is 51.0 Å². The fourth-order valence-electron chi connectivity index (χ4n) is 6.08. The zero-order valence-corrected chi connectivity index (χ0v) is 20.0. The number of carbonyl (C=O) groups excluding carboxylic acids is 2. The molecule has 1 saturated heterocycles. The van der Waals surface area contributed by atoms with E-state index in [9.17, 15) is 19.5 Å². The molecule has 7 heteroatoms. The van der Waals surface area contributed by atoms with Crippen molar-refractivity contribution in [2.24, 2.45) is 11.3 Å². The van der Waals surface area contributed by atoms with Gasteiger partial charge in [-0.15, -0.1) is 0 Å². The van der Waals surface area contributed by atoms with Gasteiger partial charge < -0.3 is 20.1 Å². The molecule has 1 aliphatic heterocycles. The molecule has 0 bridgehead atoms. The standard InChI is InChI=1S/C28H32N2O5/c1-2-28(26(32)33)13-14-30(17-28)25(31)18-11-12-19(15-18)29-27(34)35-16-24-22-9-5-3-7-20(22)21-8-4-6-10-23(21)24/h3-10,18-19,24H,2,11-17H2,1H3,(H,29,34)(H,32,33)/t18-,19+,28?/m0/s1. The molecule has 2 aromatic rings. The van der Waals surface area contributed by atoms with Crippen molar-refractivity contribution in [2.75, 3.05) is 19.7 Å². The number of hydrogen-bond acceptors (Lipinski definition) is 4. The maximum atomic E-state index is 13.0. The highest BCUT2D eigenvalue weighted by atomic mass is 16.5. The first kappa shape index (κ1) is 23.4. The van der Waals surface area contributed by atoms with E-state index in [0.717, 1.165) is 0 Å². The van der Waals surface area contributed by atoms with Crippen LogP contribution in [0.3, 0.4) is 0 Å². The first-order chi connectivity index (χ1) is 16.9. The van der Waals surface area contributed by atoms with Crippen LogP contribution in [0.2, 0.25) is 0 Å². The number of nitrogens with zero attached hydrogens (tertiary/aromatic N) is 1. The van der Waals surface area contributed by atoms with Gasteiger partial charge in [0.25, 0.3) is 0 Å². The molecule has 0 radical (unpaired) electrons. The topological polar surface area (TPSA) is 95.9 Å². The summed E-state index contributed by atoms with van der Waals surface area (Å²) < 4.78 is 5.65. The number of alkyl carbamates (subject to hydrolysis) is 1. The van der Waals surface area contributed by atoms with Gasteiger partial charge >= 0.3 is 12.1 Å². The Hall–Kier alpha value is -3.35. The number of carbonyl (C=O) groups is 3. The molecule has 3 atom stereocenters. The van der Waals surface area contributed by atoms with Crippen LogP contribution in [0, 0.1) is 11.3 Å². The molecule has 2 N–H and O–H groups in total. The van der Waals surface area contributed by atoms with Crippen molar-refractivity contribution >= 4 is 18.0 Å². The molecule has 2 aromatic carbocycles. The first-order valence-corrected chi connectivity index (χ1v) is 12.6. The number of likely N-dealkylation sites (tertiary alicyclic amines) is 1. The summed E-state index contributed by atoms with van der Waals surface area (Å²) in [7, 11) is 0. The van der Waals surface area contributed by atoms with Gasteiger partial charge in [0.1, 0.15) is 6.61 Å². The molecule has 1 saturated carbocycles. The van der Waals surface area contributed by atoms with Crippen LogP contribution in [-0.4, -0.2) is 53.7 Å². The average Bonchev–Trinajstić information content (AvgIpc) is 3.59. The van der Waals surface area contributed by atoms with E-state index >= 15 is 0 Å². The van der Waals surface area contributed by atoms with Crippen LogP contribution in [-0.2, 0) is 14.3 Å². The predicted octanol–water partition coefficient (Wildman–Crippen LogP) is 4.41. The minimum atomic E-state index is -0.826. The Morgan fingerprint density at radius 3 is 2.31 bits per heavy atom. The molecular formula is C28H32N2O5. The number of rotatable bonds is 6. The van der Waals surface area contributed by atoms with Crippen LogP contribution in [0.15, 0.2) is 48.5 Å². The molecule has 1 heterocycles. The number of benzene rings is 2. The summed E-state index contributed by atoms with van der Waals surface area (Å²) in [6.45, 7) is 2.89. The molecule has 184 valence electrons. The molecular weight excluding hydrogens is 444 g/mol. The van der Waals surface area contributed by atoms with Crippen LogP contribution in [0.5, 0.6) is 0 Å². The van der Waals surface area contributed by atoms with Gasteiger partial charge in [-0.25, -0.2) is 4.79 Å². The number of aliphatic carboxylic acids is 1. The molecule has 2 fully saturated rings. The third-order valence-electron chi connectivity index (χ3n) is 8.24. The van der Waals surface area contributed by atoms with E-state index < -0.39 is 17.5 Å². The smallest absolute Gasteiger partial charge is 0.407 e. The van der Waals surface area contributed by atoms with Crippen LogP contribution in [0.1, 0.15) is 56.1 Å². The second kappa shape index (κ2) is 9.36. The average molecular weight is 477 g/mol. The van der Waals surface area contributed by atoms with Gasteiger partial charge in [0.05, 0.1) is 5.41 Å². The Bertz CT molecular complexity index is 1100. The molecule has 1 unspecified atom stereocenters. The Morgan fingerprint density at radius 1 is 1.06 bits per heavy atom. The molecule has 0 spiro atoms. The monoisotopic (exact) mass is 476 g/mol. The summed E-state index contributed by atoms with van der Waals surface area (Å²) in [6.07, 6.45) is 2.53. The van der Waals surface area contributed by atoms with Gasteiger partial charge in [0, 0.05) is 31.0 Å². The van der Waals surface area contributed by atoms with Crippen molar-refractivity contribution in [3.8, 4) is 11.1 Å². The van der Waals surface area contributed by atoms with Gasteiger partial charge in [-0.1, -0.05) is 55.5 Å². The molecule has 35 heavy (non-hydrogen) atoms. The number of hydrogen-bond donors (Lipinski definition) is 2. The Kier molecular flexibility index (Phi) is 6.26. The minimum Gasteiger partial charge on any atom is -0.481 e. The van der Waals surface area contributed by atoms with Crippen molar-refractivity contribution in [1.82, 2.24) is 10.2 Å². The number of nitrogens with one attached hydrogen (secondary N) is 1. The van der Waals surface area contributed by atoms with E-state index in [1.807, 2.05) is 31.2 Å². The fraction of sp³-hybridized carbons (Fsp3) is 0.464. The van der Waals surface area contributed by atoms with Crippen LogP contribution >= 0.6 is 0 Å². The van der Waals surface area contributed by atoms with E-state index in [2.05, 4.69) is 29.6 Å². The lowest BCUT2D eigenvalue weighted by Gasteiger charge is -2.25. The molecule has 7 nitrogen and oxygen atoms in total. The van der Waals surface area contributed by atoms with Crippen molar-refractivity contribution in [1.29, 1.82) is 0 Å². The lowest BCUT2D eigenvalue weighted by molar-refractivity contribution is -0.149. The van der Waals surface area contributed by atoms with E-state index in [0.29, 0.717) is 38.6 Å². The maximum absolute atomic E-state index is 13.0. The highest BCUT2D eigenvalue weighted by Crippen LogP contribution is 2.44. The molecule has 5 rings (SSSR count). The Balaban J connectivity index is 1.14. The highest BCUT2D eigenvalue weighted by Gasteiger charge is 2.46. The van der Waals surface area contributed by atoms with Gasteiger partial charge in [-0.3, -0.25) is 9.59 Å². The van der Waals surface area contributed by atoms with Crippen molar-refractivity contribution < 1.29 is 24.2 Å². The van der Waals surface area contributed by atoms with Gasteiger partial charge in [-0.2, -0.15) is 0 Å². The third kappa shape index (κ3) is 4.28. The van der Waals surface area contributed by atoms with E-state index in [1.165, 1.54) is 22.3 Å². The number of ether oxygens (including phenoxy) is 1. The van der Waals surface area contributed by atoms with Crippen LogP contribution in [0.4, 0.5) is 4.79 Å². The van der Waals surface area contributed by atoms with Crippen molar-refractivity contribution in [3.63, 3.8) is 0 Å². The van der Waals surface area contributed by atoms with E-state index in [1.54, 1.807) is 4.90 Å². The van der Waals surface area contributed by atoms with Crippen LogP contribution < -0.4 is 5.32 Å². The first-order valence-electron chi connectivity index (χ1n) is 12.6. The molecule has 2 aliphatic carbocycles. The zero-order chi connectivity index (χ0) is 24.6. The van der Waals surface area contributed by atoms with E-state index in [-0.39, 0.29) is 36.9 Å².